The van der Waals surface area contributed by atoms with Crippen molar-refractivity contribution in [1.29, 1.82) is 0 Å². The van der Waals surface area contributed by atoms with E-state index in [2.05, 4.69) is 15.9 Å². The molecule has 10 heteroatoms. The average molecular weight is 483 g/mol. The van der Waals surface area contributed by atoms with Crippen LogP contribution < -0.4 is 4.90 Å². The molecule has 3 heterocycles. The first-order chi connectivity index (χ1) is 13.8. The summed E-state index contributed by atoms with van der Waals surface area (Å²) in [5, 5.41) is 11.3. The van der Waals surface area contributed by atoms with Crippen LogP contribution in [-0.4, -0.2) is 58.2 Å². The summed E-state index contributed by atoms with van der Waals surface area (Å²) < 4.78 is 17.1. The lowest BCUT2D eigenvalue weighted by molar-refractivity contribution is -0.176. The largest absolute Gasteiger partial charge is 0.443 e. The van der Waals surface area contributed by atoms with Gasteiger partial charge < -0.3 is 19.3 Å². The molecule has 3 aliphatic heterocycles. The first-order valence-corrected chi connectivity index (χ1v) is 10.3. The molecule has 1 aromatic rings. The molecule has 3 aliphatic rings. The van der Waals surface area contributed by atoms with Gasteiger partial charge in [0.1, 0.15) is 17.4 Å². The van der Waals surface area contributed by atoms with Crippen LogP contribution in [0, 0.1) is 0 Å². The van der Waals surface area contributed by atoms with Gasteiger partial charge in [-0.3, -0.25) is 9.69 Å². The number of ether oxygens (including phenoxy) is 3. The number of hydrogen-bond donors (Lipinski definition) is 1. The normalized spacial score (nSPS) is 29.7. The van der Waals surface area contributed by atoms with Crippen molar-refractivity contribution in [2.75, 3.05) is 11.5 Å². The molecular weight excluding hydrogens is 460 g/mol. The van der Waals surface area contributed by atoms with Gasteiger partial charge in [-0.1, -0.05) is 12.1 Å². The minimum Gasteiger partial charge on any atom is -0.443 e. The Morgan fingerprint density at radius 2 is 1.97 bits per heavy atom. The second-order valence-electron chi connectivity index (χ2n) is 9.00. The topological polar surface area (TPSA) is 106 Å². The molecule has 3 amide bonds. The molecule has 1 aromatic carbocycles. The molecule has 1 spiro atoms. The number of hydrogen-bond acceptors (Lipinski definition) is 7. The molecule has 2 fully saturated rings. The molecule has 2 saturated heterocycles. The second-order valence-corrected chi connectivity index (χ2v) is 9.85. The number of carbonyl (C=O) groups excluding carboxylic acids is 3. The van der Waals surface area contributed by atoms with Crippen molar-refractivity contribution in [3.8, 4) is 0 Å². The van der Waals surface area contributed by atoms with Crippen molar-refractivity contribution >= 4 is 39.7 Å². The lowest BCUT2D eigenvalue weighted by atomic mass is 9.83. The Morgan fingerprint density at radius 1 is 1.30 bits per heavy atom. The van der Waals surface area contributed by atoms with E-state index in [4.69, 9.17) is 14.2 Å². The number of amides is 3. The molecule has 0 saturated carbocycles. The average Bonchev–Trinajstić information content (AvgIpc) is 3.06. The summed E-state index contributed by atoms with van der Waals surface area (Å²) in [4.78, 5) is 41.6. The first kappa shape index (κ1) is 21.1. The van der Waals surface area contributed by atoms with Gasteiger partial charge in [-0.15, -0.1) is 0 Å². The summed E-state index contributed by atoms with van der Waals surface area (Å²) in [7, 11) is 0. The lowest BCUT2D eigenvalue weighted by Gasteiger charge is -2.46. The van der Waals surface area contributed by atoms with Gasteiger partial charge in [0.05, 0.1) is 18.3 Å². The first-order valence-electron chi connectivity index (χ1n) is 9.52. The Bertz CT molecular complexity index is 957. The number of para-hydroxylation sites is 1. The highest BCUT2D eigenvalue weighted by atomic mass is 79.9. The van der Waals surface area contributed by atoms with E-state index in [9.17, 15) is 19.5 Å². The fourth-order valence-electron chi connectivity index (χ4n) is 4.23. The van der Waals surface area contributed by atoms with Gasteiger partial charge in [-0.05, 0) is 56.6 Å². The third-order valence-electron chi connectivity index (χ3n) is 5.45. The molecular formula is C20H23BrN2O7. The number of rotatable bonds is 0. The lowest BCUT2D eigenvalue weighted by Crippen LogP contribution is -2.67. The number of benzene rings is 1. The molecule has 0 aromatic heterocycles. The van der Waals surface area contributed by atoms with Crippen LogP contribution in [0.5, 0.6) is 0 Å². The molecule has 9 nitrogen and oxygen atoms in total. The second kappa shape index (κ2) is 6.41. The van der Waals surface area contributed by atoms with Gasteiger partial charge in [0.25, 0.3) is 5.91 Å². The van der Waals surface area contributed by atoms with Crippen LogP contribution in [0.3, 0.4) is 0 Å². The zero-order chi connectivity index (χ0) is 22.2. The molecule has 0 unspecified atom stereocenters. The van der Waals surface area contributed by atoms with Crippen LogP contribution in [0.25, 0.3) is 0 Å². The number of imide groups is 1. The number of aliphatic hydroxyl groups is 1. The fraction of sp³-hybridized carbons (Fsp3) is 0.550. The molecule has 162 valence electrons. The molecule has 30 heavy (non-hydrogen) atoms. The third-order valence-corrected chi connectivity index (χ3v) is 6.09. The van der Waals surface area contributed by atoms with Gasteiger partial charge >= 0.3 is 12.2 Å². The van der Waals surface area contributed by atoms with Crippen molar-refractivity contribution in [3.63, 3.8) is 0 Å². The zero-order valence-corrected chi connectivity index (χ0v) is 18.8. The molecule has 0 radical (unpaired) electrons. The van der Waals surface area contributed by atoms with E-state index in [1.165, 1.54) is 4.90 Å². The Hall–Kier alpha value is -2.17. The van der Waals surface area contributed by atoms with Crippen LogP contribution in [0.4, 0.5) is 15.3 Å². The van der Waals surface area contributed by atoms with Crippen LogP contribution in [0.2, 0.25) is 0 Å². The van der Waals surface area contributed by atoms with E-state index in [1.807, 2.05) is 0 Å². The Morgan fingerprint density at radius 3 is 2.60 bits per heavy atom. The number of halogens is 1. The van der Waals surface area contributed by atoms with Crippen LogP contribution in [0.1, 0.15) is 40.2 Å². The maximum atomic E-state index is 13.6. The maximum Gasteiger partial charge on any atom is 0.421 e. The number of carbonyl (C=O) groups is 3. The Balaban J connectivity index is 1.86. The quantitative estimate of drug-likeness (QED) is 0.605. The van der Waals surface area contributed by atoms with Gasteiger partial charge in [0.15, 0.2) is 0 Å². The molecule has 4 rings (SSSR count). The SMILES string of the molecule is CC(C)(C)OC(=O)N1C(=O)[C@@]2(OC(=O)N3[C@H](COC3(C)C)[C@H]2O)c2cccc(Br)c21. The molecule has 1 N–H and O–H groups in total. The van der Waals surface area contributed by atoms with E-state index < -0.39 is 47.2 Å². The Kier molecular flexibility index (Phi) is 4.51. The van der Waals surface area contributed by atoms with Crippen molar-refractivity contribution in [2.24, 2.45) is 0 Å². The number of anilines is 1. The highest BCUT2D eigenvalue weighted by molar-refractivity contribution is 9.10. The van der Waals surface area contributed by atoms with Gasteiger partial charge in [-0.2, -0.15) is 0 Å². The summed E-state index contributed by atoms with van der Waals surface area (Å²) >= 11 is 3.36. The zero-order valence-electron chi connectivity index (χ0n) is 17.3. The smallest absolute Gasteiger partial charge is 0.421 e. The maximum absolute atomic E-state index is 13.6. The molecule has 0 bridgehead atoms. The fourth-order valence-corrected chi connectivity index (χ4v) is 4.77. The minimum atomic E-state index is -2.09. The van der Waals surface area contributed by atoms with E-state index in [1.54, 1.807) is 52.8 Å². The summed E-state index contributed by atoms with van der Waals surface area (Å²) in [6.07, 6.45) is -3.20. The predicted molar refractivity (Wildman–Crippen MR) is 108 cm³/mol. The highest BCUT2D eigenvalue weighted by Gasteiger charge is 2.69. The minimum absolute atomic E-state index is 0.0219. The van der Waals surface area contributed by atoms with Crippen LogP contribution >= 0.6 is 15.9 Å². The number of aliphatic hydroxyl groups excluding tert-OH is 1. The summed E-state index contributed by atoms with van der Waals surface area (Å²) in [6, 6.07) is 4.01. The molecule has 0 aliphatic carbocycles. The highest BCUT2D eigenvalue weighted by Crippen LogP contribution is 2.53. The van der Waals surface area contributed by atoms with Gasteiger partial charge in [0.2, 0.25) is 5.60 Å². The Labute approximate surface area is 182 Å². The van der Waals surface area contributed by atoms with Crippen molar-refractivity contribution in [3.05, 3.63) is 28.2 Å². The van der Waals surface area contributed by atoms with Crippen LogP contribution in [0.15, 0.2) is 22.7 Å². The van der Waals surface area contributed by atoms with E-state index >= 15 is 0 Å². The van der Waals surface area contributed by atoms with E-state index in [0.717, 1.165) is 4.90 Å². The third kappa shape index (κ3) is 2.77. The van der Waals surface area contributed by atoms with Gasteiger partial charge in [-0.25, -0.2) is 14.5 Å². The summed E-state index contributed by atoms with van der Waals surface area (Å²) in [5.74, 6) is -0.885. The van der Waals surface area contributed by atoms with E-state index in [0.29, 0.717) is 4.47 Å². The monoisotopic (exact) mass is 482 g/mol. The van der Waals surface area contributed by atoms with Gasteiger partial charge in [0, 0.05) is 10.0 Å². The summed E-state index contributed by atoms with van der Waals surface area (Å²) in [5.41, 5.74) is -3.57. The van der Waals surface area contributed by atoms with E-state index in [-0.39, 0.29) is 17.9 Å². The molecule has 3 atom stereocenters. The van der Waals surface area contributed by atoms with Crippen LogP contribution in [-0.2, 0) is 24.6 Å². The van der Waals surface area contributed by atoms with Crippen molar-refractivity contribution < 1.29 is 33.7 Å². The van der Waals surface area contributed by atoms with Crippen molar-refractivity contribution in [1.82, 2.24) is 4.90 Å². The number of fused-ring (bicyclic) bond motifs is 3. The standard InChI is InChI=1S/C20H23BrN2O7/c1-18(2,3)29-16(26)22-13-10(7-6-8-11(13)21)20(15(22)25)14(24)12-9-28-19(4,5)23(12)17(27)30-20/h6-8,12,14,24H,9H2,1-5H3/t12-,14-,20-/m1/s1. The van der Waals surface area contributed by atoms with Crippen molar-refractivity contribution in [2.45, 2.75) is 63.7 Å². The number of nitrogens with zero attached hydrogens (tertiary/aromatic N) is 2. The summed E-state index contributed by atoms with van der Waals surface area (Å²) in [6.45, 7) is 8.39. The predicted octanol–water partition coefficient (Wildman–Crippen LogP) is 2.87.